The second-order valence-corrected chi connectivity index (χ2v) is 9.71. The van der Waals surface area contributed by atoms with Gasteiger partial charge in [-0.2, -0.15) is 8.78 Å². The quantitative estimate of drug-likeness (QED) is 0.532. The lowest BCUT2D eigenvalue weighted by atomic mass is 10.2. The maximum Gasteiger partial charge on any atom is 0.387 e. The monoisotopic (exact) mass is 411 g/mol. The largest absolute Gasteiger partial charge is 0.434 e. The molecule has 0 fully saturated rings. The second-order valence-electron chi connectivity index (χ2n) is 6.41. The summed E-state index contributed by atoms with van der Waals surface area (Å²) in [6.07, 6.45) is 0. The van der Waals surface area contributed by atoms with E-state index in [0.29, 0.717) is 16.5 Å². The molecule has 1 rings (SSSR count). The number of guanidine groups is 1. The number of hydrogen-bond acceptors (Lipinski definition) is 4. The molecule has 0 aliphatic carbocycles. The van der Waals surface area contributed by atoms with Gasteiger partial charge in [-0.05, 0) is 39.0 Å². The first-order chi connectivity index (χ1) is 12.0. The Balaban J connectivity index is 2.67. The van der Waals surface area contributed by atoms with Gasteiger partial charge in [-0.25, -0.2) is 8.42 Å². The molecule has 148 valence electrons. The third-order valence-electron chi connectivity index (χ3n) is 3.50. The van der Waals surface area contributed by atoms with Gasteiger partial charge in [-0.3, -0.25) is 4.99 Å². The van der Waals surface area contributed by atoms with Crippen molar-refractivity contribution >= 4 is 27.4 Å². The van der Waals surface area contributed by atoms with Crippen LogP contribution in [-0.2, 0) is 16.4 Å². The van der Waals surface area contributed by atoms with Crippen LogP contribution >= 0.6 is 11.6 Å². The van der Waals surface area contributed by atoms with E-state index in [1.807, 2.05) is 0 Å². The van der Waals surface area contributed by atoms with Crippen molar-refractivity contribution in [1.29, 1.82) is 0 Å². The third kappa shape index (κ3) is 6.95. The van der Waals surface area contributed by atoms with E-state index in [-0.39, 0.29) is 24.6 Å². The highest BCUT2D eigenvalue weighted by atomic mass is 35.5. The van der Waals surface area contributed by atoms with Gasteiger partial charge in [-0.1, -0.05) is 11.6 Å². The first kappa shape index (κ1) is 22.4. The lowest BCUT2D eigenvalue weighted by molar-refractivity contribution is -0.0504. The standard InChI is InChI=1S/C16H24ClF2N3O3S/c1-16(2,3)26(23,24)8-7-21-15(20-4)22-10-11-9-12(17)5-6-13(11)25-14(18)19/h5-6,9,14H,7-8,10H2,1-4H3,(H2,20,21,22). The molecule has 2 N–H and O–H groups in total. The molecule has 1 aromatic rings. The number of aliphatic imine (C=N–C) groups is 1. The number of alkyl halides is 2. The van der Waals surface area contributed by atoms with E-state index in [2.05, 4.69) is 20.4 Å². The average Bonchev–Trinajstić information content (AvgIpc) is 2.51. The number of benzene rings is 1. The third-order valence-corrected chi connectivity index (χ3v) is 6.35. The van der Waals surface area contributed by atoms with Crippen molar-refractivity contribution in [1.82, 2.24) is 10.6 Å². The molecule has 0 atom stereocenters. The van der Waals surface area contributed by atoms with Gasteiger partial charge < -0.3 is 15.4 Å². The van der Waals surface area contributed by atoms with E-state index in [1.54, 1.807) is 20.8 Å². The van der Waals surface area contributed by atoms with Gasteiger partial charge in [0.05, 0.1) is 10.5 Å². The van der Waals surface area contributed by atoms with Crippen LogP contribution in [0.15, 0.2) is 23.2 Å². The van der Waals surface area contributed by atoms with Crippen molar-refractivity contribution in [3.63, 3.8) is 0 Å². The number of nitrogens with zero attached hydrogens (tertiary/aromatic N) is 1. The smallest absolute Gasteiger partial charge is 0.387 e. The fourth-order valence-electron chi connectivity index (χ4n) is 1.91. The van der Waals surface area contributed by atoms with Crippen molar-refractivity contribution in [2.75, 3.05) is 19.3 Å². The minimum atomic E-state index is -3.26. The van der Waals surface area contributed by atoms with Crippen molar-refractivity contribution in [2.45, 2.75) is 38.7 Å². The van der Waals surface area contributed by atoms with Gasteiger partial charge in [0, 0.05) is 30.7 Å². The molecule has 6 nitrogen and oxygen atoms in total. The molecular formula is C16H24ClF2N3O3S. The molecule has 0 aliphatic rings. The Kier molecular flexibility index (Phi) is 8.08. The fraction of sp³-hybridized carbons (Fsp3) is 0.562. The Morgan fingerprint density at radius 3 is 2.50 bits per heavy atom. The minimum absolute atomic E-state index is 0.00247. The highest BCUT2D eigenvalue weighted by Gasteiger charge is 2.28. The van der Waals surface area contributed by atoms with E-state index in [4.69, 9.17) is 11.6 Å². The summed E-state index contributed by atoms with van der Waals surface area (Å²) < 4.78 is 52.7. The highest BCUT2D eigenvalue weighted by molar-refractivity contribution is 7.92. The lowest BCUT2D eigenvalue weighted by Crippen LogP contribution is -2.41. The predicted molar refractivity (Wildman–Crippen MR) is 99.8 cm³/mol. The van der Waals surface area contributed by atoms with Crippen LogP contribution in [0.4, 0.5) is 8.78 Å². The van der Waals surface area contributed by atoms with Crippen LogP contribution in [0.2, 0.25) is 5.02 Å². The van der Waals surface area contributed by atoms with E-state index in [9.17, 15) is 17.2 Å². The molecule has 10 heteroatoms. The zero-order valence-electron chi connectivity index (χ0n) is 15.1. The second kappa shape index (κ2) is 9.36. The number of hydrogen-bond donors (Lipinski definition) is 2. The summed E-state index contributed by atoms with van der Waals surface area (Å²) in [6, 6.07) is 4.31. The van der Waals surface area contributed by atoms with E-state index < -0.39 is 21.2 Å². The fourth-order valence-corrected chi connectivity index (χ4v) is 3.08. The molecule has 0 saturated carbocycles. The Labute approximate surface area is 157 Å². The first-order valence-corrected chi connectivity index (χ1v) is 9.89. The first-order valence-electron chi connectivity index (χ1n) is 7.86. The van der Waals surface area contributed by atoms with Crippen LogP contribution in [0.25, 0.3) is 0 Å². The average molecular weight is 412 g/mol. The molecule has 0 spiro atoms. The molecule has 0 radical (unpaired) electrons. The number of sulfone groups is 1. The van der Waals surface area contributed by atoms with Crippen LogP contribution in [0.5, 0.6) is 5.75 Å². The van der Waals surface area contributed by atoms with Crippen LogP contribution in [-0.4, -0.2) is 45.1 Å². The van der Waals surface area contributed by atoms with E-state index in [1.165, 1.54) is 25.2 Å². The summed E-state index contributed by atoms with van der Waals surface area (Å²) in [5, 5.41) is 6.17. The molecule has 0 unspecified atom stereocenters. The molecule has 0 aromatic heterocycles. The van der Waals surface area contributed by atoms with Crippen molar-refractivity contribution in [2.24, 2.45) is 4.99 Å². The summed E-state index contributed by atoms with van der Waals surface area (Å²) in [6.45, 7) is 2.25. The molecule has 0 heterocycles. The van der Waals surface area contributed by atoms with Gasteiger partial charge in [0.25, 0.3) is 0 Å². The van der Waals surface area contributed by atoms with Crippen LogP contribution < -0.4 is 15.4 Å². The van der Waals surface area contributed by atoms with Gasteiger partial charge in [0.2, 0.25) is 0 Å². The van der Waals surface area contributed by atoms with Crippen LogP contribution in [0, 0.1) is 0 Å². The van der Waals surface area contributed by atoms with Crippen molar-refractivity contribution in [3.05, 3.63) is 28.8 Å². The van der Waals surface area contributed by atoms with Gasteiger partial charge >= 0.3 is 6.61 Å². The molecular weight excluding hydrogens is 388 g/mol. The van der Waals surface area contributed by atoms with Crippen LogP contribution in [0.3, 0.4) is 0 Å². The molecule has 0 bridgehead atoms. The molecule has 0 saturated heterocycles. The number of halogens is 3. The Bertz CT molecular complexity index is 735. The molecule has 1 aromatic carbocycles. The summed E-state index contributed by atoms with van der Waals surface area (Å²) in [5.74, 6) is 0.272. The Morgan fingerprint density at radius 2 is 1.96 bits per heavy atom. The van der Waals surface area contributed by atoms with E-state index >= 15 is 0 Å². The minimum Gasteiger partial charge on any atom is -0.434 e. The maximum atomic E-state index is 12.5. The van der Waals surface area contributed by atoms with Crippen LogP contribution in [0.1, 0.15) is 26.3 Å². The molecule has 0 aliphatic heterocycles. The predicted octanol–water partition coefficient (Wildman–Crippen LogP) is 2.82. The van der Waals surface area contributed by atoms with Gasteiger partial charge in [0.15, 0.2) is 15.8 Å². The van der Waals surface area contributed by atoms with E-state index in [0.717, 1.165) is 0 Å². The molecule has 0 amide bonds. The summed E-state index contributed by atoms with van der Waals surface area (Å²) >= 11 is 5.90. The number of nitrogens with one attached hydrogen (secondary N) is 2. The highest BCUT2D eigenvalue weighted by Crippen LogP contribution is 2.24. The Morgan fingerprint density at radius 1 is 1.31 bits per heavy atom. The summed E-state index contributed by atoms with van der Waals surface area (Å²) in [7, 11) is -1.74. The van der Waals surface area contributed by atoms with Gasteiger partial charge in [0.1, 0.15) is 5.75 Å². The zero-order valence-corrected chi connectivity index (χ0v) is 16.7. The topological polar surface area (TPSA) is 79.8 Å². The Hall–Kier alpha value is -1.61. The van der Waals surface area contributed by atoms with Gasteiger partial charge in [-0.15, -0.1) is 0 Å². The maximum absolute atomic E-state index is 12.5. The van der Waals surface area contributed by atoms with Crippen molar-refractivity contribution in [3.8, 4) is 5.75 Å². The zero-order chi connectivity index (χ0) is 20.0. The summed E-state index contributed by atoms with van der Waals surface area (Å²) in [5.41, 5.74) is 0.420. The molecule has 26 heavy (non-hydrogen) atoms. The normalized spacial score (nSPS) is 13.0. The SMILES string of the molecule is CN=C(NCCS(=O)(=O)C(C)(C)C)NCc1cc(Cl)ccc1OC(F)F. The lowest BCUT2D eigenvalue weighted by Gasteiger charge is -2.20. The number of ether oxygens (including phenoxy) is 1. The number of rotatable bonds is 7. The summed E-state index contributed by atoms with van der Waals surface area (Å²) in [4.78, 5) is 3.98. The van der Waals surface area contributed by atoms with Crippen molar-refractivity contribution < 1.29 is 21.9 Å².